The summed E-state index contributed by atoms with van der Waals surface area (Å²) in [6.45, 7) is 6.57. The first kappa shape index (κ1) is 22.0. The fourth-order valence-electron chi connectivity index (χ4n) is 4.50. The zero-order valence-corrected chi connectivity index (χ0v) is 19.0. The molecule has 2 saturated heterocycles. The van der Waals surface area contributed by atoms with Crippen LogP contribution >= 0.6 is 0 Å². The maximum absolute atomic E-state index is 13.3. The summed E-state index contributed by atoms with van der Waals surface area (Å²) in [5, 5.41) is 3.02. The van der Waals surface area contributed by atoms with Crippen LogP contribution in [0.25, 0.3) is 0 Å². The van der Waals surface area contributed by atoms with Gasteiger partial charge < -0.3 is 19.9 Å². The third-order valence-corrected chi connectivity index (χ3v) is 6.12. The number of hydrogen-bond donors (Lipinski definition) is 1. The lowest BCUT2D eigenvalue weighted by molar-refractivity contribution is -0.125. The predicted molar refractivity (Wildman–Crippen MR) is 122 cm³/mol. The lowest BCUT2D eigenvalue weighted by Gasteiger charge is -2.21. The molecule has 0 spiro atoms. The summed E-state index contributed by atoms with van der Waals surface area (Å²) in [4.78, 5) is 39.5. The Balaban J connectivity index is 1.61. The van der Waals surface area contributed by atoms with E-state index in [1.807, 2.05) is 26.0 Å². The van der Waals surface area contributed by atoms with E-state index in [2.05, 4.69) is 15.2 Å². The number of amides is 2. The normalized spacial score (nSPS) is 20.6. The van der Waals surface area contributed by atoms with Crippen molar-refractivity contribution in [3.05, 3.63) is 47.8 Å². The molecule has 1 aromatic carbocycles. The van der Waals surface area contributed by atoms with Gasteiger partial charge in [0.2, 0.25) is 11.9 Å². The third kappa shape index (κ3) is 4.69. The van der Waals surface area contributed by atoms with Crippen LogP contribution in [0, 0.1) is 5.92 Å². The number of rotatable bonds is 6. The molecule has 2 amide bonds. The van der Waals surface area contributed by atoms with Crippen molar-refractivity contribution in [3.63, 3.8) is 0 Å². The van der Waals surface area contributed by atoms with Gasteiger partial charge in [0.25, 0.3) is 5.91 Å². The number of aromatic nitrogens is 2. The van der Waals surface area contributed by atoms with E-state index in [1.165, 1.54) is 0 Å². The van der Waals surface area contributed by atoms with E-state index in [1.54, 1.807) is 36.4 Å². The van der Waals surface area contributed by atoms with Crippen molar-refractivity contribution in [2.24, 2.45) is 5.92 Å². The van der Waals surface area contributed by atoms with Crippen LogP contribution in [0.2, 0.25) is 0 Å². The highest BCUT2D eigenvalue weighted by Gasteiger charge is 2.41. The van der Waals surface area contributed by atoms with Crippen LogP contribution in [-0.4, -0.2) is 66.0 Å². The second kappa shape index (κ2) is 9.54. The number of nitrogens with one attached hydrogen (secondary N) is 1. The van der Waals surface area contributed by atoms with E-state index in [4.69, 9.17) is 9.72 Å². The smallest absolute Gasteiger partial charge is 0.254 e. The minimum absolute atomic E-state index is 0.0249. The average molecular weight is 438 g/mol. The molecule has 2 aromatic rings. The Morgan fingerprint density at radius 3 is 2.66 bits per heavy atom. The number of likely N-dealkylation sites (tertiary alicyclic amines) is 1. The van der Waals surface area contributed by atoms with Gasteiger partial charge in [-0.25, -0.2) is 9.97 Å². The van der Waals surface area contributed by atoms with Gasteiger partial charge in [0, 0.05) is 49.9 Å². The van der Waals surface area contributed by atoms with Gasteiger partial charge in [-0.3, -0.25) is 9.59 Å². The molecule has 0 bridgehead atoms. The summed E-state index contributed by atoms with van der Waals surface area (Å²) in [6, 6.07) is 9.02. The fraction of sp³-hybridized carbons (Fsp3) is 0.500. The van der Waals surface area contributed by atoms with Crippen LogP contribution in [0.5, 0.6) is 5.75 Å². The first-order valence-electron chi connectivity index (χ1n) is 11.3. The van der Waals surface area contributed by atoms with E-state index < -0.39 is 0 Å². The molecule has 4 rings (SSSR count). The number of hydrogen-bond acceptors (Lipinski definition) is 6. The standard InChI is InChI=1S/C24H31N5O3/c1-16(2)26-22(30)20-15-29(23(31)17-7-6-8-18(13-17)32-3)14-19(20)21-9-10-25-24(27-21)28-11-4-5-12-28/h6-10,13,16,19-20H,4-5,11-12,14-15H2,1-3H3,(H,26,30)/t19-,20-/m1/s1. The van der Waals surface area contributed by atoms with Gasteiger partial charge in [0.1, 0.15) is 5.75 Å². The predicted octanol–water partition coefficient (Wildman–Crippen LogP) is 2.47. The lowest BCUT2D eigenvalue weighted by atomic mass is 9.91. The highest BCUT2D eigenvalue weighted by atomic mass is 16.5. The highest BCUT2D eigenvalue weighted by Crippen LogP contribution is 2.34. The third-order valence-electron chi connectivity index (χ3n) is 6.12. The van der Waals surface area contributed by atoms with Crippen LogP contribution < -0.4 is 15.0 Å². The van der Waals surface area contributed by atoms with E-state index in [-0.39, 0.29) is 29.7 Å². The van der Waals surface area contributed by atoms with Crippen LogP contribution in [-0.2, 0) is 4.79 Å². The van der Waals surface area contributed by atoms with Gasteiger partial charge in [0.15, 0.2) is 0 Å². The Kier molecular flexibility index (Phi) is 6.58. The zero-order chi connectivity index (χ0) is 22.7. The van der Waals surface area contributed by atoms with Gasteiger partial charge in [-0.05, 0) is 51.0 Å². The van der Waals surface area contributed by atoms with Crippen LogP contribution in [0.1, 0.15) is 48.7 Å². The topological polar surface area (TPSA) is 87.7 Å². The molecule has 170 valence electrons. The molecule has 1 N–H and O–H groups in total. The summed E-state index contributed by atoms with van der Waals surface area (Å²) in [5.41, 5.74) is 1.36. The van der Waals surface area contributed by atoms with Crippen molar-refractivity contribution in [3.8, 4) is 5.75 Å². The van der Waals surface area contributed by atoms with Crippen LogP contribution in [0.15, 0.2) is 36.5 Å². The Hall–Kier alpha value is -3.16. The Labute approximate surface area is 189 Å². The molecule has 0 saturated carbocycles. The minimum atomic E-state index is -0.367. The van der Waals surface area contributed by atoms with Crippen molar-refractivity contribution >= 4 is 17.8 Å². The molecule has 2 aliphatic heterocycles. The molecule has 32 heavy (non-hydrogen) atoms. The molecule has 2 fully saturated rings. The average Bonchev–Trinajstić information content (AvgIpc) is 3.49. The monoisotopic (exact) mass is 437 g/mol. The summed E-state index contributed by atoms with van der Waals surface area (Å²) in [5.74, 6) is 0.628. The number of carbonyl (C=O) groups excluding carboxylic acids is 2. The summed E-state index contributed by atoms with van der Waals surface area (Å²) in [6.07, 6.45) is 4.04. The first-order valence-corrected chi connectivity index (χ1v) is 11.3. The molecule has 3 heterocycles. The van der Waals surface area contributed by atoms with Gasteiger partial charge in [0.05, 0.1) is 18.7 Å². The SMILES string of the molecule is COc1cccc(C(=O)N2C[C@@H](C(=O)NC(C)C)[C@H](c3ccnc(N4CCCC4)n3)C2)c1. The number of benzene rings is 1. The molecule has 0 aliphatic carbocycles. The largest absolute Gasteiger partial charge is 0.497 e. The highest BCUT2D eigenvalue weighted by molar-refractivity contribution is 5.95. The van der Waals surface area contributed by atoms with Crippen molar-refractivity contribution in [1.82, 2.24) is 20.2 Å². The van der Waals surface area contributed by atoms with E-state index in [0.29, 0.717) is 30.4 Å². The summed E-state index contributed by atoms with van der Waals surface area (Å²) < 4.78 is 5.27. The van der Waals surface area contributed by atoms with Gasteiger partial charge in [-0.2, -0.15) is 0 Å². The maximum atomic E-state index is 13.3. The number of carbonyl (C=O) groups is 2. The summed E-state index contributed by atoms with van der Waals surface area (Å²) >= 11 is 0. The Morgan fingerprint density at radius 1 is 1.16 bits per heavy atom. The maximum Gasteiger partial charge on any atom is 0.254 e. The number of nitrogens with zero attached hydrogens (tertiary/aromatic N) is 4. The molecular formula is C24H31N5O3. The number of methoxy groups -OCH3 is 1. The first-order chi connectivity index (χ1) is 15.5. The Morgan fingerprint density at radius 2 is 1.94 bits per heavy atom. The van der Waals surface area contributed by atoms with Gasteiger partial charge in [-0.1, -0.05) is 6.07 Å². The molecule has 2 atom stereocenters. The van der Waals surface area contributed by atoms with E-state index in [0.717, 1.165) is 31.6 Å². The number of ether oxygens (including phenoxy) is 1. The van der Waals surface area contributed by atoms with Crippen molar-refractivity contribution in [2.75, 3.05) is 38.2 Å². The zero-order valence-electron chi connectivity index (χ0n) is 19.0. The minimum Gasteiger partial charge on any atom is -0.497 e. The molecular weight excluding hydrogens is 406 g/mol. The second-order valence-corrected chi connectivity index (χ2v) is 8.79. The van der Waals surface area contributed by atoms with Crippen LogP contribution in [0.4, 0.5) is 5.95 Å². The molecule has 8 heteroatoms. The number of anilines is 1. The molecule has 8 nitrogen and oxygen atoms in total. The Bertz CT molecular complexity index is 974. The van der Waals surface area contributed by atoms with E-state index in [9.17, 15) is 9.59 Å². The second-order valence-electron chi connectivity index (χ2n) is 8.79. The van der Waals surface area contributed by atoms with Crippen molar-refractivity contribution in [1.29, 1.82) is 0 Å². The van der Waals surface area contributed by atoms with Crippen molar-refractivity contribution in [2.45, 2.75) is 38.6 Å². The van der Waals surface area contributed by atoms with E-state index >= 15 is 0 Å². The lowest BCUT2D eigenvalue weighted by Crippen LogP contribution is -2.39. The fourth-order valence-corrected chi connectivity index (χ4v) is 4.50. The quantitative estimate of drug-likeness (QED) is 0.747. The molecule has 0 radical (unpaired) electrons. The van der Waals surface area contributed by atoms with Crippen molar-refractivity contribution < 1.29 is 14.3 Å². The van der Waals surface area contributed by atoms with Gasteiger partial charge >= 0.3 is 0 Å². The van der Waals surface area contributed by atoms with Crippen LogP contribution in [0.3, 0.4) is 0 Å². The van der Waals surface area contributed by atoms with Gasteiger partial charge in [-0.15, -0.1) is 0 Å². The molecule has 0 unspecified atom stereocenters. The molecule has 1 aromatic heterocycles. The summed E-state index contributed by atoms with van der Waals surface area (Å²) in [7, 11) is 1.58. The molecule has 2 aliphatic rings.